The van der Waals surface area contributed by atoms with Gasteiger partial charge in [-0.2, -0.15) is 52.7 Å². The van der Waals surface area contributed by atoms with Crippen molar-refractivity contribution in [3.63, 3.8) is 0 Å². The standard InChI is InChI=1S/C14H10F16O4.Na.H/c15-7(16)11(23,24)13(27,28)9(19,20)3-33-5(31)1-2-6(32)34-4-10(21,22)14(29,30)12(25,26)8(17)18;;/h7-8H,1-4H2;;. The molecule has 0 aliphatic rings. The van der Waals surface area contributed by atoms with E-state index in [1.165, 1.54) is 0 Å². The molecule has 0 atom stereocenters. The van der Waals surface area contributed by atoms with Gasteiger partial charge in [0, 0.05) is 0 Å². The fourth-order valence-electron chi connectivity index (χ4n) is 1.63. The maximum atomic E-state index is 13.1. The van der Waals surface area contributed by atoms with E-state index >= 15 is 0 Å². The third-order valence-corrected chi connectivity index (χ3v) is 3.67. The second-order valence-electron chi connectivity index (χ2n) is 6.23. The van der Waals surface area contributed by atoms with Crippen molar-refractivity contribution >= 4 is 41.5 Å². The number of carbonyl (C=O) groups excluding carboxylic acids is 2. The third-order valence-electron chi connectivity index (χ3n) is 3.67. The van der Waals surface area contributed by atoms with Gasteiger partial charge in [0.2, 0.25) is 0 Å². The Labute approximate surface area is 205 Å². The van der Waals surface area contributed by atoms with Crippen LogP contribution in [0.15, 0.2) is 0 Å². The van der Waals surface area contributed by atoms with E-state index in [9.17, 15) is 79.8 Å². The summed E-state index contributed by atoms with van der Waals surface area (Å²) >= 11 is 0. The first-order valence-corrected chi connectivity index (χ1v) is 8.03. The molecule has 0 aliphatic heterocycles. The van der Waals surface area contributed by atoms with Gasteiger partial charge in [-0.1, -0.05) is 0 Å². The van der Waals surface area contributed by atoms with Crippen molar-refractivity contribution in [1.29, 1.82) is 0 Å². The SMILES string of the molecule is O=C(CCC(=O)OCC(F)(F)C(F)(F)C(F)(F)C(F)F)OCC(F)(F)C(F)(F)C(F)(F)C(F)F.[NaH]. The van der Waals surface area contributed by atoms with Gasteiger partial charge in [0.05, 0.1) is 12.8 Å². The average Bonchev–Trinajstić information content (AvgIpc) is 2.68. The molecule has 0 rings (SSSR count). The molecule has 0 heterocycles. The molecule has 0 aromatic heterocycles. The molecule has 0 aromatic carbocycles. The van der Waals surface area contributed by atoms with Gasteiger partial charge in [0.25, 0.3) is 0 Å². The Balaban J connectivity index is 0. The van der Waals surface area contributed by atoms with Crippen LogP contribution in [-0.4, -0.2) is 103 Å². The van der Waals surface area contributed by atoms with Gasteiger partial charge in [0.1, 0.15) is 0 Å². The average molecular weight is 570 g/mol. The summed E-state index contributed by atoms with van der Waals surface area (Å²) in [5.74, 6) is -43.1. The second-order valence-corrected chi connectivity index (χ2v) is 6.23. The van der Waals surface area contributed by atoms with Crippen molar-refractivity contribution in [3.05, 3.63) is 0 Å². The van der Waals surface area contributed by atoms with Crippen molar-refractivity contribution in [3.8, 4) is 0 Å². The zero-order valence-corrected chi connectivity index (χ0v) is 15.7. The number of hydrogen-bond acceptors (Lipinski definition) is 4. The molecule has 0 bridgehead atoms. The van der Waals surface area contributed by atoms with E-state index in [-0.39, 0.29) is 29.6 Å². The molecule has 0 N–H and O–H groups in total. The summed E-state index contributed by atoms with van der Waals surface area (Å²) < 4.78 is 209. The Bertz CT molecular complexity index is 667. The number of hydrogen-bond donors (Lipinski definition) is 0. The summed E-state index contributed by atoms with van der Waals surface area (Å²) in [5.41, 5.74) is 0. The molecule has 0 aromatic rings. The first kappa shape index (κ1) is 36.0. The number of halogens is 16. The van der Waals surface area contributed by atoms with E-state index in [1.807, 2.05) is 0 Å². The zero-order chi connectivity index (χ0) is 27.6. The molecule has 35 heavy (non-hydrogen) atoms. The number of rotatable bonds is 13. The molecule has 0 saturated carbocycles. The van der Waals surface area contributed by atoms with Gasteiger partial charge in [-0.05, 0) is 0 Å². The van der Waals surface area contributed by atoms with Crippen LogP contribution in [-0.2, 0) is 19.1 Å². The van der Waals surface area contributed by atoms with Crippen LogP contribution in [0, 0.1) is 0 Å². The fourth-order valence-corrected chi connectivity index (χ4v) is 1.63. The zero-order valence-electron chi connectivity index (χ0n) is 15.7. The van der Waals surface area contributed by atoms with Crippen LogP contribution >= 0.6 is 0 Å². The normalized spacial score (nSPS) is 14.1. The molecule has 0 saturated heterocycles. The Hall–Kier alpha value is -1.18. The first-order chi connectivity index (χ1) is 14.9. The quantitative estimate of drug-likeness (QED) is 0.186. The topological polar surface area (TPSA) is 52.6 Å². The predicted octanol–water partition coefficient (Wildman–Crippen LogP) is 4.55. The van der Waals surface area contributed by atoms with E-state index in [0.717, 1.165) is 0 Å². The third kappa shape index (κ3) is 7.65. The molecule has 4 nitrogen and oxygen atoms in total. The molecule has 0 radical (unpaired) electrons. The fraction of sp³-hybridized carbons (Fsp3) is 0.857. The number of esters is 2. The summed E-state index contributed by atoms with van der Waals surface area (Å²) in [6, 6.07) is 0. The summed E-state index contributed by atoms with van der Waals surface area (Å²) in [7, 11) is 0. The Morgan fingerprint density at radius 2 is 0.771 bits per heavy atom. The van der Waals surface area contributed by atoms with Crippen molar-refractivity contribution in [2.24, 2.45) is 0 Å². The van der Waals surface area contributed by atoms with Gasteiger partial charge < -0.3 is 9.47 Å². The van der Waals surface area contributed by atoms with E-state index in [4.69, 9.17) is 0 Å². The van der Waals surface area contributed by atoms with Gasteiger partial charge in [0.15, 0.2) is 13.2 Å². The molecule has 204 valence electrons. The van der Waals surface area contributed by atoms with Crippen LogP contribution in [0.2, 0.25) is 0 Å². The molecule has 0 fully saturated rings. The molecule has 0 aliphatic carbocycles. The Morgan fingerprint density at radius 3 is 0.971 bits per heavy atom. The molecule has 0 spiro atoms. The van der Waals surface area contributed by atoms with Gasteiger partial charge in [-0.3, -0.25) is 9.59 Å². The van der Waals surface area contributed by atoms with E-state index in [2.05, 4.69) is 9.47 Å². The van der Waals surface area contributed by atoms with Crippen LogP contribution < -0.4 is 0 Å². The predicted molar refractivity (Wildman–Crippen MR) is 80.0 cm³/mol. The number of carbonyl (C=O) groups is 2. The van der Waals surface area contributed by atoms with Gasteiger partial charge in [-0.25, -0.2) is 17.6 Å². The van der Waals surface area contributed by atoms with Crippen LogP contribution in [0.25, 0.3) is 0 Å². The van der Waals surface area contributed by atoms with Crippen molar-refractivity contribution in [1.82, 2.24) is 0 Å². The van der Waals surface area contributed by atoms with Crippen molar-refractivity contribution in [2.75, 3.05) is 13.2 Å². The van der Waals surface area contributed by atoms with E-state index in [0.29, 0.717) is 0 Å². The summed E-state index contributed by atoms with van der Waals surface area (Å²) in [6.45, 7) is -5.88. The summed E-state index contributed by atoms with van der Waals surface area (Å²) in [6.07, 6.45) is -13.7. The molecular weight excluding hydrogens is 559 g/mol. The Morgan fingerprint density at radius 1 is 0.543 bits per heavy atom. The van der Waals surface area contributed by atoms with Gasteiger partial charge >= 0.3 is 89.9 Å². The minimum absolute atomic E-state index is 0. The van der Waals surface area contributed by atoms with Gasteiger partial charge in [-0.15, -0.1) is 0 Å². The van der Waals surface area contributed by atoms with Crippen LogP contribution in [0.5, 0.6) is 0 Å². The van der Waals surface area contributed by atoms with E-state index < -0.39 is 86.4 Å². The molecular formula is C14H11F16NaO4. The molecule has 0 unspecified atom stereocenters. The van der Waals surface area contributed by atoms with Crippen LogP contribution in [0.4, 0.5) is 70.2 Å². The minimum atomic E-state index is -6.75. The monoisotopic (exact) mass is 570 g/mol. The summed E-state index contributed by atoms with van der Waals surface area (Å²) in [4.78, 5) is 22.2. The van der Waals surface area contributed by atoms with Crippen LogP contribution in [0.3, 0.4) is 0 Å². The van der Waals surface area contributed by atoms with Crippen molar-refractivity contribution < 1.29 is 89.3 Å². The maximum absolute atomic E-state index is 13.1. The second kappa shape index (κ2) is 11.9. The summed E-state index contributed by atoms with van der Waals surface area (Å²) in [5, 5.41) is 0. The van der Waals surface area contributed by atoms with E-state index in [1.54, 1.807) is 0 Å². The van der Waals surface area contributed by atoms with Crippen LogP contribution in [0.1, 0.15) is 12.8 Å². The molecule has 21 heteroatoms. The Kier molecular flexibility index (Phi) is 12.2. The number of alkyl halides is 16. The number of ether oxygens (including phenoxy) is 2. The van der Waals surface area contributed by atoms with Crippen molar-refractivity contribution in [2.45, 2.75) is 61.2 Å². The first-order valence-electron chi connectivity index (χ1n) is 8.03. The molecule has 0 amide bonds.